The Balaban J connectivity index is 2.05. The van der Waals surface area contributed by atoms with Crippen molar-refractivity contribution in [2.75, 3.05) is 0 Å². The van der Waals surface area contributed by atoms with Crippen LogP contribution in [0.3, 0.4) is 0 Å². The normalized spacial score (nSPS) is 10.5. The van der Waals surface area contributed by atoms with E-state index in [1.165, 1.54) is 35.1 Å². The Hall–Kier alpha value is -1.56. The van der Waals surface area contributed by atoms with Crippen molar-refractivity contribution in [2.45, 2.75) is 33.1 Å². The number of benzene rings is 2. The maximum Gasteiger partial charge on any atom is -0.00258 e. The van der Waals surface area contributed by atoms with Gasteiger partial charge >= 0.3 is 0 Å². The lowest BCUT2D eigenvalue weighted by molar-refractivity contribution is 0.920. The second-order valence-electron chi connectivity index (χ2n) is 4.73. The van der Waals surface area contributed by atoms with Gasteiger partial charge in [0, 0.05) is 0 Å². The third kappa shape index (κ3) is 3.45. The fourth-order valence-corrected chi connectivity index (χ4v) is 2.05. The van der Waals surface area contributed by atoms with Crippen LogP contribution in [0.25, 0.3) is 0 Å². The monoisotopic (exact) mass is 224 g/mol. The van der Waals surface area contributed by atoms with Crippen molar-refractivity contribution < 1.29 is 0 Å². The Morgan fingerprint density at radius 3 is 1.71 bits per heavy atom. The molecule has 0 N–H and O–H groups in total. The fourth-order valence-electron chi connectivity index (χ4n) is 2.05. The van der Waals surface area contributed by atoms with Crippen LogP contribution in [0.2, 0.25) is 0 Å². The zero-order valence-corrected chi connectivity index (χ0v) is 10.7. The van der Waals surface area contributed by atoms with Gasteiger partial charge in [-0.05, 0) is 36.5 Å². The standard InChI is InChI=1S/C17H20/c1-3-4-15-9-11-17(12-10-15)13-16-7-5-14(2)6-8-16/h5-12H,3-4,13H2,1-2H3. The van der Waals surface area contributed by atoms with E-state index in [4.69, 9.17) is 0 Å². The molecular weight excluding hydrogens is 204 g/mol. The SMILES string of the molecule is CCCc1ccc(Cc2ccc(C)cc2)cc1. The van der Waals surface area contributed by atoms with Gasteiger partial charge in [0.15, 0.2) is 0 Å². The van der Waals surface area contributed by atoms with E-state index in [0.29, 0.717) is 0 Å². The smallest absolute Gasteiger partial charge is 0.00258 e. The van der Waals surface area contributed by atoms with Crippen LogP contribution in [0.4, 0.5) is 0 Å². The van der Waals surface area contributed by atoms with Gasteiger partial charge in [0.05, 0.1) is 0 Å². The van der Waals surface area contributed by atoms with E-state index >= 15 is 0 Å². The molecule has 0 heterocycles. The Morgan fingerprint density at radius 1 is 0.706 bits per heavy atom. The number of hydrogen-bond donors (Lipinski definition) is 0. The van der Waals surface area contributed by atoms with Crippen molar-refractivity contribution in [3.63, 3.8) is 0 Å². The van der Waals surface area contributed by atoms with Gasteiger partial charge in [0.1, 0.15) is 0 Å². The summed E-state index contributed by atoms with van der Waals surface area (Å²) in [5.74, 6) is 0. The van der Waals surface area contributed by atoms with Gasteiger partial charge < -0.3 is 0 Å². The molecule has 0 fully saturated rings. The quantitative estimate of drug-likeness (QED) is 0.715. The van der Waals surface area contributed by atoms with Gasteiger partial charge in [0.2, 0.25) is 0 Å². The van der Waals surface area contributed by atoms with Gasteiger partial charge in [-0.3, -0.25) is 0 Å². The summed E-state index contributed by atoms with van der Waals surface area (Å²) >= 11 is 0. The molecule has 0 aliphatic carbocycles. The van der Waals surface area contributed by atoms with Crippen molar-refractivity contribution in [3.05, 3.63) is 70.8 Å². The Kier molecular flexibility index (Phi) is 3.98. The molecule has 0 unspecified atom stereocenters. The average molecular weight is 224 g/mol. The average Bonchev–Trinajstić information content (AvgIpc) is 2.35. The summed E-state index contributed by atoms with van der Waals surface area (Å²) in [6, 6.07) is 17.8. The van der Waals surface area contributed by atoms with E-state index in [0.717, 1.165) is 6.42 Å². The lowest BCUT2D eigenvalue weighted by atomic mass is 10.0. The highest BCUT2D eigenvalue weighted by atomic mass is 14.0. The maximum atomic E-state index is 2.26. The topological polar surface area (TPSA) is 0 Å². The van der Waals surface area contributed by atoms with Crippen molar-refractivity contribution in [3.8, 4) is 0 Å². The van der Waals surface area contributed by atoms with Crippen LogP contribution in [-0.2, 0) is 12.8 Å². The van der Waals surface area contributed by atoms with E-state index in [-0.39, 0.29) is 0 Å². The molecule has 0 amide bonds. The molecule has 0 aliphatic heterocycles. The molecule has 0 saturated carbocycles. The number of aryl methyl sites for hydroxylation is 2. The van der Waals surface area contributed by atoms with Gasteiger partial charge in [-0.1, -0.05) is 67.4 Å². The summed E-state index contributed by atoms with van der Waals surface area (Å²) in [4.78, 5) is 0. The van der Waals surface area contributed by atoms with E-state index in [1.54, 1.807) is 0 Å². The van der Waals surface area contributed by atoms with Crippen molar-refractivity contribution >= 4 is 0 Å². The minimum atomic E-state index is 1.03. The molecule has 0 bridgehead atoms. The summed E-state index contributed by atoms with van der Waals surface area (Å²) in [7, 11) is 0. The molecule has 0 aliphatic rings. The van der Waals surface area contributed by atoms with Crippen molar-refractivity contribution in [1.82, 2.24) is 0 Å². The highest BCUT2D eigenvalue weighted by molar-refractivity contribution is 5.30. The van der Waals surface area contributed by atoms with Gasteiger partial charge in [0.25, 0.3) is 0 Å². The second kappa shape index (κ2) is 5.67. The Labute approximate surface area is 104 Å². The molecule has 0 atom stereocenters. The van der Waals surface area contributed by atoms with Crippen molar-refractivity contribution in [1.29, 1.82) is 0 Å². The van der Waals surface area contributed by atoms with Crippen LogP contribution in [0.15, 0.2) is 48.5 Å². The Bertz CT molecular complexity index is 448. The zero-order chi connectivity index (χ0) is 12.1. The zero-order valence-electron chi connectivity index (χ0n) is 10.7. The molecule has 88 valence electrons. The third-order valence-electron chi connectivity index (χ3n) is 3.09. The van der Waals surface area contributed by atoms with Crippen molar-refractivity contribution in [2.24, 2.45) is 0 Å². The summed E-state index contributed by atoms with van der Waals surface area (Å²) < 4.78 is 0. The molecule has 2 aromatic carbocycles. The lowest BCUT2D eigenvalue weighted by Gasteiger charge is -2.04. The van der Waals surface area contributed by atoms with Crippen LogP contribution < -0.4 is 0 Å². The van der Waals surface area contributed by atoms with Crippen LogP contribution in [-0.4, -0.2) is 0 Å². The first kappa shape index (κ1) is 11.9. The van der Waals surface area contributed by atoms with Crippen LogP contribution >= 0.6 is 0 Å². The first-order valence-electron chi connectivity index (χ1n) is 6.41. The van der Waals surface area contributed by atoms with Crippen LogP contribution in [0, 0.1) is 6.92 Å². The molecular formula is C17H20. The van der Waals surface area contributed by atoms with Gasteiger partial charge in [-0.15, -0.1) is 0 Å². The number of rotatable bonds is 4. The highest BCUT2D eigenvalue weighted by Gasteiger charge is 1.97. The minimum Gasteiger partial charge on any atom is -0.0651 e. The number of hydrogen-bond acceptors (Lipinski definition) is 0. The minimum absolute atomic E-state index is 1.03. The summed E-state index contributed by atoms with van der Waals surface area (Å²) in [6.45, 7) is 4.35. The largest absolute Gasteiger partial charge is 0.0651 e. The molecule has 2 aromatic rings. The van der Waals surface area contributed by atoms with E-state index in [9.17, 15) is 0 Å². The first-order chi connectivity index (χ1) is 8.28. The lowest BCUT2D eigenvalue weighted by Crippen LogP contribution is -1.89. The first-order valence-corrected chi connectivity index (χ1v) is 6.41. The van der Waals surface area contributed by atoms with E-state index in [2.05, 4.69) is 62.4 Å². The van der Waals surface area contributed by atoms with Crippen LogP contribution in [0.1, 0.15) is 35.6 Å². The maximum absolute atomic E-state index is 2.26. The molecule has 2 rings (SSSR count). The van der Waals surface area contributed by atoms with E-state index < -0.39 is 0 Å². The third-order valence-corrected chi connectivity index (χ3v) is 3.09. The molecule has 0 aromatic heterocycles. The Morgan fingerprint density at radius 2 is 1.18 bits per heavy atom. The van der Waals surface area contributed by atoms with Gasteiger partial charge in [-0.2, -0.15) is 0 Å². The summed E-state index contributed by atoms with van der Waals surface area (Å²) in [5, 5.41) is 0. The predicted molar refractivity (Wildman–Crippen MR) is 74.4 cm³/mol. The van der Waals surface area contributed by atoms with Gasteiger partial charge in [-0.25, -0.2) is 0 Å². The summed E-state index contributed by atoms with van der Waals surface area (Å²) in [5.41, 5.74) is 5.56. The molecule has 0 nitrogen and oxygen atoms in total. The molecule has 0 radical (unpaired) electrons. The second-order valence-corrected chi connectivity index (χ2v) is 4.73. The van der Waals surface area contributed by atoms with Crippen LogP contribution in [0.5, 0.6) is 0 Å². The predicted octanol–water partition coefficient (Wildman–Crippen LogP) is 4.54. The molecule has 17 heavy (non-hydrogen) atoms. The molecule has 0 heteroatoms. The summed E-state index contributed by atoms with van der Waals surface area (Å²) in [6.07, 6.45) is 3.44. The van der Waals surface area contributed by atoms with E-state index in [1.807, 2.05) is 0 Å². The highest BCUT2D eigenvalue weighted by Crippen LogP contribution is 2.12. The fraction of sp³-hybridized carbons (Fsp3) is 0.294. The molecule has 0 spiro atoms. The molecule has 0 saturated heterocycles.